The maximum Gasteiger partial charge on any atom is 0.573 e. The Labute approximate surface area is 119 Å². The van der Waals surface area contributed by atoms with Gasteiger partial charge in [0.05, 0.1) is 6.20 Å². The van der Waals surface area contributed by atoms with Crippen LogP contribution in [0, 0.1) is 0 Å². The Kier molecular flexibility index (Phi) is 3.94. The third-order valence-electron chi connectivity index (χ3n) is 2.47. The van der Waals surface area contributed by atoms with Gasteiger partial charge >= 0.3 is 12.5 Å². The first-order valence-electron chi connectivity index (χ1n) is 5.72. The second kappa shape index (κ2) is 5.43. The van der Waals surface area contributed by atoms with Gasteiger partial charge in [-0.2, -0.15) is 18.3 Å². The summed E-state index contributed by atoms with van der Waals surface area (Å²) >= 11 is 0. The molecular formula is C12H8F6N2O2. The van der Waals surface area contributed by atoms with Crippen molar-refractivity contribution < 1.29 is 36.2 Å². The number of hydrogen-bond acceptors (Lipinski definition) is 3. The van der Waals surface area contributed by atoms with Crippen molar-refractivity contribution in [1.29, 1.82) is 0 Å². The Bertz CT molecular complexity index is 662. The molecule has 4 nitrogen and oxygen atoms in total. The van der Waals surface area contributed by atoms with Crippen molar-refractivity contribution in [3.05, 3.63) is 30.6 Å². The van der Waals surface area contributed by atoms with Crippen molar-refractivity contribution in [3.63, 3.8) is 0 Å². The molecule has 1 aromatic carbocycles. The lowest BCUT2D eigenvalue weighted by Crippen LogP contribution is -2.18. The molecule has 120 valence electrons. The van der Waals surface area contributed by atoms with Gasteiger partial charge in [-0.15, -0.1) is 13.2 Å². The molecule has 10 heteroatoms. The molecule has 0 unspecified atom stereocenters. The fourth-order valence-corrected chi connectivity index (χ4v) is 1.73. The van der Waals surface area contributed by atoms with E-state index in [1.807, 2.05) is 0 Å². The quantitative estimate of drug-likeness (QED) is 0.875. The molecule has 0 atom stereocenters. The molecule has 0 spiro atoms. The maximum atomic E-state index is 12.3. The predicted molar refractivity (Wildman–Crippen MR) is 62.1 cm³/mol. The molecule has 1 N–H and O–H groups in total. The topological polar surface area (TPSA) is 47.3 Å². The molecule has 0 bridgehead atoms. The van der Waals surface area contributed by atoms with Gasteiger partial charge in [-0.25, -0.2) is 0 Å². The van der Waals surface area contributed by atoms with Crippen molar-refractivity contribution in [2.45, 2.75) is 19.1 Å². The SMILES string of the molecule is Oc1ccc(OC(F)(F)F)c(-c2cnn(CC(F)(F)F)c2)c1. The molecule has 0 aliphatic heterocycles. The smallest absolute Gasteiger partial charge is 0.508 e. The molecule has 0 aliphatic carbocycles. The minimum atomic E-state index is -4.98. The summed E-state index contributed by atoms with van der Waals surface area (Å²) in [6, 6.07) is 2.76. The van der Waals surface area contributed by atoms with Crippen LogP contribution in [0.4, 0.5) is 26.3 Å². The zero-order valence-electron chi connectivity index (χ0n) is 10.6. The van der Waals surface area contributed by atoms with Crippen LogP contribution in [-0.4, -0.2) is 27.4 Å². The average Bonchev–Trinajstić information content (AvgIpc) is 2.75. The minimum Gasteiger partial charge on any atom is -0.508 e. The second-order valence-electron chi connectivity index (χ2n) is 4.27. The first kappa shape index (κ1) is 16.0. The maximum absolute atomic E-state index is 12.3. The third kappa shape index (κ3) is 4.30. The summed E-state index contributed by atoms with van der Waals surface area (Å²) in [7, 11) is 0. The van der Waals surface area contributed by atoms with Gasteiger partial charge in [-0.3, -0.25) is 4.68 Å². The standard InChI is InChI=1S/C12H8F6N2O2/c13-11(14,15)6-20-5-7(4-19-20)9-3-8(21)1-2-10(9)22-12(16,17)18/h1-5,21H,6H2. The summed E-state index contributed by atoms with van der Waals surface area (Å²) in [5, 5.41) is 12.8. The van der Waals surface area contributed by atoms with Crippen LogP contribution in [0.15, 0.2) is 30.6 Å². The summed E-state index contributed by atoms with van der Waals surface area (Å²) in [6.45, 7) is -1.39. The van der Waals surface area contributed by atoms with Crippen molar-refractivity contribution in [3.8, 4) is 22.6 Å². The lowest BCUT2D eigenvalue weighted by molar-refractivity contribution is -0.274. The summed E-state index contributed by atoms with van der Waals surface area (Å²) < 4.78 is 78.0. The monoisotopic (exact) mass is 326 g/mol. The van der Waals surface area contributed by atoms with Gasteiger partial charge in [-0.1, -0.05) is 0 Å². The van der Waals surface area contributed by atoms with E-state index in [1.54, 1.807) is 0 Å². The highest BCUT2D eigenvalue weighted by Crippen LogP contribution is 2.36. The number of phenols is 1. The van der Waals surface area contributed by atoms with Crippen LogP contribution in [0.1, 0.15) is 0 Å². The third-order valence-corrected chi connectivity index (χ3v) is 2.47. The van der Waals surface area contributed by atoms with E-state index in [9.17, 15) is 31.4 Å². The molecule has 22 heavy (non-hydrogen) atoms. The van der Waals surface area contributed by atoms with Gasteiger partial charge in [0, 0.05) is 17.3 Å². The second-order valence-corrected chi connectivity index (χ2v) is 4.27. The Hall–Kier alpha value is -2.39. The van der Waals surface area contributed by atoms with E-state index in [1.165, 1.54) is 0 Å². The van der Waals surface area contributed by atoms with Crippen molar-refractivity contribution >= 4 is 0 Å². The molecule has 2 aromatic rings. The van der Waals surface area contributed by atoms with E-state index >= 15 is 0 Å². The molecule has 0 radical (unpaired) electrons. The first-order chi connectivity index (χ1) is 10.0. The lowest BCUT2D eigenvalue weighted by Gasteiger charge is -2.12. The molecular weight excluding hydrogens is 318 g/mol. The van der Waals surface area contributed by atoms with Crippen molar-refractivity contribution in [1.82, 2.24) is 9.78 Å². The highest BCUT2D eigenvalue weighted by Gasteiger charge is 2.33. The molecule has 0 saturated heterocycles. The van der Waals surface area contributed by atoms with E-state index in [4.69, 9.17) is 0 Å². The van der Waals surface area contributed by atoms with E-state index in [0.29, 0.717) is 4.68 Å². The predicted octanol–water partition coefficient (Wildman–Crippen LogP) is 3.72. The fourth-order valence-electron chi connectivity index (χ4n) is 1.73. The number of ether oxygens (including phenoxy) is 1. The number of rotatable bonds is 3. The van der Waals surface area contributed by atoms with Gasteiger partial charge in [-0.05, 0) is 18.2 Å². The molecule has 2 rings (SSSR count). The van der Waals surface area contributed by atoms with Crippen LogP contribution >= 0.6 is 0 Å². The van der Waals surface area contributed by atoms with E-state index in [2.05, 4.69) is 9.84 Å². The Morgan fingerprint density at radius 1 is 1.14 bits per heavy atom. The fraction of sp³-hybridized carbons (Fsp3) is 0.250. The Morgan fingerprint density at radius 3 is 2.41 bits per heavy atom. The van der Waals surface area contributed by atoms with Gasteiger partial charge in [0.15, 0.2) is 0 Å². The molecule has 0 aliphatic rings. The van der Waals surface area contributed by atoms with E-state index in [0.717, 1.165) is 30.6 Å². The van der Waals surface area contributed by atoms with Crippen LogP contribution < -0.4 is 4.74 Å². The number of hydrogen-bond donors (Lipinski definition) is 1. The lowest BCUT2D eigenvalue weighted by atomic mass is 10.1. The van der Waals surface area contributed by atoms with Gasteiger partial charge in [0.1, 0.15) is 18.0 Å². The number of alkyl halides is 6. The molecule has 0 fully saturated rings. The number of aromatic nitrogens is 2. The zero-order valence-corrected chi connectivity index (χ0v) is 10.6. The average molecular weight is 326 g/mol. The van der Waals surface area contributed by atoms with E-state index in [-0.39, 0.29) is 16.9 Å². The zero-order chi connectivity index (χ0) is 16.5. The van der Waals surface area contributed by atoms with Crippen LogP contribution in [0.25, 0.3) is 11.1 Å². The van der Waals surface area contributed by atoms with Gasteiger partial charge < -0.3 is 9.84 Å². The van der Waals surface area contributed by atoms with Crippen LogP contribution in [-0.2, 0) is 6.54 Å². The molecule has 1 heterocycles. The highest BCUT2D eigenvalue weighted by molar-refractivity contribution is 5.70. The molecule has 0 saturated carbocycles. The van der Waals surface area contributed by atoms with Gasteiger partial charge in [0.25, 0.3) is 0 Å². The minimum absolute atomic E-state index is 0.0561. The van der Waals surface area contributed by atoms with Gasteiger partial charge in [0.2, 0.25) is 0 Å². The number of phenolic OH excluding ortho intramolecular Hbond substituents is 1. The molecule has 1 aromatic heterocycles. The summed E-state index contributed by atoms with van der Waals surface area (Å²) in [5.41, 5.74) is -0.287. The van der Waals surface area contributed by atoms with Crippen molar-refractivity contribution in [2.75, 3.05) is 0 Å². The van der Waals surface area contributed by atoms with Crippen LogP contribution in [0.2, 0.25) is 0 Å². The first-order valence-corrected chi connectivity index (χ1v) is 5.72. The van der Waals surface area contributed by atoms with Crippen LogP contribution in [0.3, 0.4) is 0 Å². The molecule has 0 amide bonds. The number of benzene rings is 1. The van der Waals surface area contributed by atoms with E-state index < -0.39 is 24.8 Å². The number of nitrogens with zero attached hydrogens (tertiary/aromatic N) is 2. The normalized spacial score (nSPS) is 12.5. The summed E-state index contributed by atoms with van der Waals surface area (Å²) in [4.78, 5) is 0. The highest BCUT2D eigenvalue weighted by atomic mass is 19.4. The number of halogens is 6. The summed E-state index contributed by atoms with van der Waals surface area (Å²) in [5.74, 6) is -1.02. The van der Waals surface area contributed by atoms with Crippen molar-refractivity contribution in [2.24, 2.45) is 0 Å². The number of aromatic hydroxyl groups is 1. The Balaban J connectivity index is 2.37. The Morgan fingerprint density at radius 2 is 1.82 bits per heavy atom. The summed E-state index contributed by atoms with van der Waals surface area (Å²) in [6.07, 6.45) is -7.64. The van der Waals surface area contributed by atoms with Crippen LogP contribution in [0.5, 0.6) is 11.5 Å². The largest absolute Gasteiger partial charge is 0.573 e.